The summed E-state index contributed by atoms with van der Waals surface area (Å²) < 4.78 is 0. The Bertz CT molecular complexity index is 214. The lowest BCUT2D eigenvalue weighted by molar-refractivity contribution is 0.276. The van der Waals surface area contributed by atoms with Gasteiger partial charge in [0.15, 0.2) is 0 Å². The smallest absolute Gasteiger partial charge is 0.0277 e. The van der Waals surface area contributed by atoms with Gasteiger partial charge in [-0.1, -0.05) is 77.9 Å². The first kappa shape index (κ1) is 18.7. The van der Waals surface area contributed by atoms with Crippen LogP contribution < -0.4 is 0 Å². The summed E-state index contributed by atoms with van der Waals surface area (Å²) in [4.78, 5) is 2.50. The van der Waals surface area contributed by atoms with Crippen LogP contribution in [0.2, 0.25) is 0 Å². The SMILES string of the molecule is CCCCCCCCC(C=C(CC)CC)N(C)CC. The molecule has 1 nitrogen and oxygen atoms in total. The second-order valence-corrected chi connectivity index (χ2v) is 5.73. The standard InChI is InChI=1S/C18H37N/c1-6-10-11-12-13-14-15-18(19(5)9-4)16-17(7-2)8-3/h16,18H,6-15H2,1-5H3. The number of allylic oxidation sites excluding steroid dienone is 1. The van der Waals surface area contributed by atoms with E-state index in [1.807, 2.05) is 0 Å². The lowest BCUT2D eigenvalue weighted by Crippen LogP contribution is -2.30. The van der Waals surface area contributed by atoms with Crippen molar-refractivity contribution >= 4 is 0 Å². The molecule has 1 atom stereocenters. The van der Waals surface area contributed by atoms with Crippen molar-refractivity contribution in [2.45, 2.75) is 91.5 Å². The first-order chi connectivity index (χ1) is 9.19. The van der Waals surface area contributed by atoms with E-state index in [9.17, 15) is 0 Å². The van der Waals surface area contributed by atoms with Gasteiger partial charge in [0.05, 0.1) is 0 Å². The highest BCUT2D eigenvalue weighted by Crippen LogP contribution is 2.16. The first-order valence-electron chi connectivity index (χ1n) is 8.59. The molecule has 0 aromatic rings. The lowest BCUT2D eigenvalue weighted by Gasteiger charge is -2.25. The number of nitrogens with zero attached hydrogens (tertiary/aromatic N) is 1. The van der Waals surface area contributed by atoms with Crippen molar-refractivity contribution in [3.05, 3.63) is 11.6 Å². The van der Waals surface area contributed by atoms with E-state index >= 15 is 0 Å². The van der Waals surface area contributed by atoms with Crippen molar-refractivity contribution < 1.29 is 0 Å². The molecular weight excluding hydrogens is 230 g/mol. The summed E-state index contributed by atoms with van der Waals surface area (Å²) in [7, 11) is 2.27. The molecule has 19 heavy (non-hydrogen) atoms. The molecule has 0 rings (SSSR count). The fraction of sp³-hybridized carbons (Fsp3) is 0.889. The molecule has 1 unspecified atom stereocenters. The molecule has 0 fully saturated rings. The van der Waals surface area contributed by atoms with E-state index in [2.05, 4.69) is 45.7 Å². The van der Waals surface area contributed by atoms with Crippen LogP contribution in [0.25, 0.3) is 0 Å². The molecule has 0 aliphatic heterocycles. The van der Waals surface area contributed by atoms with Gasteiger partial charge in [0, 0.05) is 6.04 Å². The average Bonchev–Trinajstić information content (AvgIpc) is 2.45. The van der Waals surface area contributed by atoms with Crippen LogP contribution in [0.15, 0.2) is 11.6 Å². The van der Waals surface area contributed by atoms with E-state index < -0.39 is 0 Å². The van der Waals surface area contributed by atoms with E-state index in [0.717, 1.165) is 6.54 Å². The molecule has 0 saturated carbocycles. The molecule has 1 heteroatoms. The topological polar surface area (TPSA) is 3.24 Å². The second-order valence-electron chi connectivity index (χ2n) is 5.73. The molecule has 0 saturated heterocycles. The fourth-order valence-corrected chi connectivity index (χ4v) is 2.56. The van der Waals surface area contributed by atoms with Gasteiger partial charge in [-0.2, -0.15) is 0 Å². The summed E-state index contributed by atoms with van der Waals surface area (Å²) in [5, 5.41) is 0. The van der Waals surface area contributed by atoms with Gasteiger partial charge >= 0.3 is 0 Å². The zero-order chi connectivity index (χ0) is 14.5. The Balaban J connectivity index is 4.11. The zero-order valence-electron chi connectivity index (χ0n) is 14.2. The minimum Gasteiger partial charge on any atom is -0.300 e. The van der Waals surface area contributed by atoms with Crippen LogP contribution in [0.1, 0.15) is 85.5 Å². The van der Waals surface area contributed by atoms with Crippen LogP contribution in [0.3, 0.4) is 0 Å². The Hall–Kier alpha value is -0.300. The predicted molar refractivity (Wildman–Crippen MR) is 88.8 cm³/mol. The van der Waals surface area contributed by atoms with Crippen molar-refractivity contribution in [2.75, 3.05) is 13.6 Å². The Morgan fingerprint density at radius 3 is 2.00 bits per heavy atom. The molecular formula is C18H37N. The first-order valence-corrected chi connectivity index (χ1v) is 8.59. The van der Waals surface area contributed by atoms with Crippen molar-refractivity contribution in [3.8, 4) is 0 Å². The van der Waals surface area contributed by atoms with Crippen LogP contribution in [-0.4, -0.2) is 24.5 Å². The van der Waals surface area contributed by atoms with Crippen LogP contribution in [0, 0.1) is 0 Å². The highest BCUT2D eigenvalue weighted by Gasteiger charge is 2.10. The molecule has 0 bridgehead atoms. The van der Waals surface area contributed by atoms with Gasteiger partial charge in [-0.3, -0.25) is 0 Å². The van der Waals surface area contributed by atoms with Gasteiger partial charge in [-0.15, -0.1) is 0 Å². The van der Waals surface area contributed by atoms with Gasteiger partial charge in [-0.25, -0.2) is 0 Å². The Morgan fingerprint density at radius 2 is 1.47 bits per heavy atom. The molecule has 114 valence electrons. The Kier molecular flexibility index (Phi) is 12.5. The van der Waals surface area contributed by atoms with E-state index in [0.29, 0.717) is 6.04 Å². The van der Waals surface area contributed by atoms with Crippen molar-refractivity contribution in [3.63, 3.8) is 0 Å². The van der Waals surface area contributed by atoms with Crippen molar-refractivity contribution in [2.24, 2.45) is 0 Å². The number of hydrogen-bond acceptors (Lipinski definition) is 1. The van der Waals surface area contributed by atoms with E-state index in [1.165, 1.54) is 57.8 Å². The normalized spacial score (nSPS) is 12.7. The molecule has 0 aliphatic carbocycles. The average molecular weight is 268 g/mol. The monoisotopic (exact) mass is 267 g/mol. The van der Waals surface area contributed by atoms with Crippen molar-refractivity contribution in [1.29, 1.82) is 0 Å². The Morgan fingerprint density at radius 1 is 0.895 bits per heavy atom. The van der Waals surface area contributed by atoms with Crippen LogP contribution >= 0.6 is 0 Å². The maximum atomic E-state index is 2.54. The van der Waals surface area contributed by atoms with Crippen LogP contribution in [0.4, 0.5) is 0 Å². The molecule has 0 aromatic heterocycles. The molecule has 0 N–H and O–H groups in total. The summed E-state index contributed by atoms with van der Waals surface area (Å²) in [5.41, 5.74) is 1.62. The third-order valence-electron chi connectivity index (χ3n) is 4.25. The summed E-state index contributed by atoms with van der Waals surface area (Å²) in [6.07, 6.45) is 14.7. The van der Waals surface area contributed by atoms with Gasteiger partial charge < -0.3 is 4.90 Å². The van der Waals surface area contributed by atoms with Crippen LogP contribution in [-0.2, 0) is 0 Å². The molecule has 0 heterocycles. The highest BCUT2D eigenvalue weighted by atomic mass is 15.1. The number of unbranched alkanes of at least 4 members (excludes halogenated alkanes) is 5. The lowest BCUT2D eigenvalue weighted by atomic mass is 10.0. The number of likely N-dealkylation sites (N-methyl/N-ethyl adjacent to an activating group) is 1. The van der Waals surface area contributed by atoms with Crippen molar-refractivity contribution in [1.82, 2.24) is 4.90 Å². The number of hydrogen-bond donors (Lipinski definition) is 0. The third kappa shape index (κ3) is 9.27. The molecule has 0 amide bonds. The van der Waals surface area contributed by atoms with E-state index in [4.69, 9.17) is 0 Å². The maximum Gasteiger partial charge on any atom is 0.0277 e. The molecule has 0 aliphatic rings. The predicted octanol–water partition coefficient (Wildman–Crippen LogP) is 5.80. The zero-order valence-corrected chi connectivity index (χ0v) is 14.2. The molecule has 0 aromatic carbocycles. The quantitative estimate of drug-likeness (QED) is 0.319. The van der Waals surface area contributed by atoms with E-state index in [-0.39, 0.29) is 0 Å². The number of rotatable bonds is 12. The molecule has 0 spiro atoms. The summed E-state index contributed by atoms with van der Waals surface area (Å²) >= 11 is 0. The van der Waals surface area contributed by atoms with Gasteiger partial charge in [0.2, 0.25) is 0 Å². The summed E-state index contributed by atoms with van der Waals surface area (Å²) in [6, 6.07) is 0.658. The van der Waals surface area contributed by atoms with Gasteiger partial charge in [-0.05, 0) is 32.9 Å². The largest absolute Gasteiger partial charge is 0.300 e. The maximum absolute atomic E-state index is 2.54. The second kappa shape index (κ2) is 12.7. The van der Waals surface area contributed by atoms with Crippen LogP contribution in [0.5, 0.6) is 0 Å². The highest BCUT2D eigenvalue weighted by molar-refractivity contribution is 5.06. The molecule has 0 radical (unpaired) electrons. The summed E-state index contributed by atoms with van der Waals surface area (Å²) in [6.45, 7) is 10.3. The van der Waals surface area contributed by atoms with E-state index in [1.54, 1.807) is 5.57 Å². The third-order valence-corrected chi connectivity index (χ3v) is 4.25. The fourth-order valence-electron chi connectivity index (χ4n) is 2.56. The minimum absolute atomic E-state index is 0.658. The van der Waals surface area contributed by atoms with Gasteiger partial charge in [0.25, 0.3) is 0 Å². The minimum atomic E-state index is 0.658. The summed E-state index contributed by atoms with van der Waals surface area (Å²) in [5.74, 6) is 0. The Labute approximate surface area is 122 Å². The van der Waals surface area contributed by atoms with Gasteiger partial charge in [0.1, 0.15) is 0 Å².